The molecule has 15 heavy (non-hydrogen) atoms. The van der Waals surface area contributed by atoms with Crippen molar-refractivity contribution in [3.05, 3.63) is 34.9 Å². The molecule has 0 bridgehead atoms. The standard InChI is InChI=1S/C11H15NO2.ClH/c1-7-5-4-6-8(2)9(7)10(12)11(13)14-3;/h4-6,10H,12H2,1-3H3;1H/t10-;/m0./s1. The van der Waals surface area contributed by atoms with Crippen LogP contribution in [0.15, 0.2) is 18.2 Å². The van der Waals surface area contributed by atoms with Crippen molar-refractivity contribution in [1.82, 2.24) is 0 Å². The molecule has 2 N–H and O–H groups in total. The maximum Gasteiger partial charge on any atom is 0.327 e. The highest BCUT2D eigenvalue weighted by Crippen LogP contribution is 2.20. The number of ether oxygens (including phenoxy) is 1. The molecule has 0 heterocycles. The largest absolute Gasteiger partial charge is 0.468 e. The molecule has 1 aromatic carbocycles. The Morgan fingerprint density at radius 2 is 1.80 bits per heavy atom. The normalized spacial score (nSPS) is 11.5. The predicted octanol–water partition coefficient (Wildman–Crippen LogP) is 1.90. The highest BCUT2D eigenvalue weighted by molar-refractivity contribution is 5.85. The van der Waals surface area contributed by atoms with E-state index < -0.39 is 12.0 Å². The van der Waals surface area contributed by atoms with E-state index in [2.05, 4.69) is 4.74 Å². The average molecular weight is 230 g/mol. The number of esters is 1. The highest BCUT2D eigenvalue weighted by Gasteiger charge is 2.19. The minimum Gasteiger partial charge on any atom is -0.468 e. The van der Waals surface area contributed by atoms with Gasteiger partial charge in [-0.25, -0.2) is 0 Å². The van der Waals surface area contributed by atoms with Gasteiger partial charge in [0, 0.05) is 0 Å². The summed E-state index contributed by atoms with van der Waals surface area (Å²) in [6, 6.07) is 5.13. The van der Waals surface area contributed by atoms with Crippen molar-refractivity contribution in [2.24, 2.45) is 5.73 Å². The average Bonchev–Trinajstić information content (AvgIpc) is 2.16. The summed E-state index contributed by atoms with van der Waals surface area (Å²) in [5, 5.41) is 0. The van der Waals surface area contributed by atoms with Crippen LogP contribution in [0.25, 0.3) is 0 Å². The van der Waals surface area contributed by atoms with Crippen LogP contribution < -0.4 is 5.73 Å². The van der Waals surface area contributed by atoms with Crippen LogP contribution in [-0.2, 0) is 9.53 Å². The second-order valence-corrected chi connectivity index (χ2v) is 3.31. The molecule has 0 fully saturated rings. The zero-order valence-corrected chi connectivity index (χ0v) is 9.93. The lowest BCUT2D eigenvalue weighted by Gasteiger charge is -2.14. The van der Waals surface area contributed by atoms with Gasteiger partial charge in [-0.15, -0.1) is 12.4 Å². The number of benzene rings is 1. The number of hydrogen-bond acceptors (Lipinski definition) is 3. The van der Waals surface area contributed by atoms with Gasteiger partial charge in [0.1, 0.15) is 6.04 Å². The monoisotopic (exact) mass is 229 g/mol. The molecule has 84 valence electrons. The molecule has 0 spiro atoms. The molecule has 1 aromatic rings. The lowest BCUT2D eigenvalue weighted by atomic mass is 9.97. The molecule has 0 saturated heterocycles. The number of carbonyl (C=O) groups excluding carboxylic acids is 1. The van der Waals surface area contributed by atoms with Gasteiger partial charge in [-0.3, -0.25) is 4.79 Å². The quantitative estimate of drug-likeness (QED) is 0.789. The Morgan fingerprint density at radius 3 is 2.20 bits per heavy atom. The topological polar surface area (TPSA) is 52.3 Å². The summed E-state index contributed by atoms with van der Waals surface area (Å²) in [6.45, 7) is 3.87. The first-order valence-electron chi connectivity index (χ1n) is 4.47. The zero-order chi connectivity index (χ0) is 10.7. The van der Waals surface area contributed by atoms with Gasteiger partial charge < -0.3 is 10.5 Å². The van der Waals surface area contributed by atoms with Gasteiger partial charge in [0.15, 0.2) is 0 Å². The van der Waals surface area contributed by atoms with Crippen molar-refractivity contribution in [3.63, 3.8) is 0 Å². The molecule has 0 aromatic heterocycles. The van der Waals surface area contributed by atoms with Crippen LogP contribution >= 0.6 is 12.4 Å². The molecule has 4 heteroatoms. The summed E-state index contributed by atoms with van der Waals surface area (Å²) in [4.78, 5) is 11.3. The van der Waals surface area contributed by atoms with Crippen LogP contribution in [0, 0.1) is 13.8 Å². The van der Waals surface area contributed by atoms with Crippen LogP contribution in [0.3, 0.4) is 0 Å². The maximum atomic E-state index is 11.3. The minimum atomic E-state index is -0.679. The Kier molecular flexibility index (Phi) is 5.33. The second-order valence-electron chi connectivity index (χ2n) is 3.31. The van der Waals surface area contributed by atoms with Crippen molar-refractivity contribution < 1.29 is 9.53 Å². The van der Waals surface area contributed by atoms with Gasteiger partial charge in [0.25, 0.3) is 0 Å². The van der Waals surface area contributed by atoms with Crippen LogP contribution in [0.4, 0.5) is 0 Å². The zero-order valence-electron chi connectivity index (χ0n) is 9.11. The molecule has 0 saturated carbocycles. The van der Waals surface area contributed by atoms with Crippen molar-refractivity contribution in [2.75, 3.05) is 7.11 Å². The lowest BCUT2D eigenvalue weighted by Crippen LogP contribution is -2.24. The van der Waals surface area contributed by atoms with Crippen molar-refractivity contribution in [1.29, 1.82) is 0 Å². The Balaban J connectivity index is 0.00000196. The number of halogens is 1. The molecule has 0 radical (unpaired) electrons. The fourth-order valence-electron chi connectivity index (χ4n) is 1.56. The number of carbonyl (C=O) groups is 1. The first-order valence-corrected chi connectivity index (χ1v) is 4.47. The summed E-state index contributed by atoms with van der Waals surface area (Å²) in [6.07, 6.45) is 0. The van der Waals surface area contributed by atoms with Crippen molar-refractivity contribution >= 4 is 18.4 Å². The second kappa shape index (κ2) is 5.73. The fraction of sp³-hybridized carbons (Fsp3) is 0.364. The van der Waals surface area contributed by atoms with Gasteiger partial charge >= 0.3 is 5.97 Å². The summed E-state index contributed by atoms with van der Waals surface area (Å²) in [5.74, 6) is -0.401. The number of aryl methyl sites for hydroxylation is 2. The van der Waals surface area contributed by atoms with Gasteiger partial charge in [-0.1, -0.05) is 18.2 Å². The Hall–Kier alpha value is -1.06. The third-order valence-electron chi connectivity index (χ3n) is 2.31. The van der Waals surface area contributed by atoms with Crippen molar-refractivity contribution in [3.8, 4) is 0 Å². The van der Waals surface area contributed by atoms with E-state index in [1.54, 1.807) is 0 Å². The van der Waals surface area contributed by atoms with E-state index in [0.29, 0.717) is 0 Å². The number of hydrogen-bond donors (Lipinski definition) is 1. The van der Waals surface area contributed by atoms with E-state index >= 15 is 0 Å². The summed E-state index contributed by atoms with van der Waals surface area (Å²) in [7, 11) is 1.34. The number of rotatable bonds is 2. The van der Waals surface area contributed by atoms with Gasteiger partial charge in [0.05, 0.1) is 7.11 Å². The molecule has 0 aliphatic carbocycles. The number of nitrogens with two attached hydrogens (primary N) is 1. The van der Waals surface area contributed by atoms with E-state index in [1.165, 1.54) is 7.11 Å². The first-order chi connectivity index (χ1) is 6.57. The van der Waals surface area contributed by atoms with Crippen LogP contribution in [-0.4, -0.2) is 13.1 Å². The Bertz CT molecular complexity index is 332. The van der Waals surface area contributed by atoms with E-state index in [0.717, 1.165) is 16.7 Å². The van der Waals surface area contributed by atoms with E-state index in [-0.39, 0.29) is 12.4 Å². The van der Waals surface area contributed by atoms with Crippen LogP contribution in [0.2, 0.25) is 0 Å². The lowest BCUT2D eigenvalue weighted by molar-refractivity contribution is -0.142. The third kappa shape index (κ3) is 2.94. The first kappa shape index (κ1) is 13.9. The van der Waals surface area contributed by atoms with E-state index in [4.69, 9.17) is 5.73 Å². The smallest absolute Gasteiger partial charge is 0.327 e. The van der Waals surface area contributed by atoms with E-state index in [1.807, 2.05) is 32.0 Å². The molecule has 3 nitrogen and oxygen atoms in total. The molecule has 0 aliphatic rings. The highest BCUT2D eigenvalue weighted by atomic mass is 35.5. The Labute approximate surface area is 96.0 Å². The van der Waals surface area contributed by atoms with Gasteiger partial charge in [0.2, 0.25) is 0 Å². The van der Waals surface area contributed by atoms with Crippen molar-refractivity contribution in [2.45, 2.75) is 19.9 Å². The molecule has 1 rings (SSSR count). The summed E-state index contributed by atoms with van der Waals surface area (Å²) >= 11 is 0. The van der Waals surface area contributed by atoms with Crippen LogP contribution in [0.1, 0.15) is 22.7 Å². The molecular weight excluding hydrogens is 214 g/mol. The summed E-state index contributed by atoms with van der Waals surface area (Å²) in [5.41, 5.74) is 8.67. The molecule has 1 atom stereocenters. The molecule has 0 unspecified atom stereocenters. The van der Waals surface area contributed by atoms with Gasteiger partial charge in [-0.2, -0.15) is 0 Å². The Morgan fingerprint density at radius 1 is 1.33 bits per heavy atom. The number of methoxy groups -OCH3 is 1. The maximum absolute atomic E-state index is 11.3. The molecule has 0 amide bonds. The van der Waals surface area contributed by atoms with Crippen LogP contribution in [0.5, 0.6) is 0 Å². The predicted molar refractivity (Wildman–Crippen MR) is 62.1 cm³/mol. The third-order valence-corrected chi connectivity index (χ3v) is 2.31. The minimum absolute atomic E-state index is 0. The molecule has 0 aliphatic heterocycles. The fourth-order valence-corrected chi connectivity index (χ4v) is 1.56. The SMILES string of the molecule is COC(=O)[C@@H](N)c1c(C)cccc1C.Cl. The molecular formula is C11H16ClNO2. The van der Waals surface area contributed by atoms with Gasteiger partial charge in [-0.05, 0) is 30.5 Å². The van der Waals surface area contributed by atoms with E-state index in [9.17, 15) is 4.79 Å². The summed E-state index contributed by atoms with van der Waals surface area (Å²) < 4.78 is 4.61.